The lowest BCUT2D eigenvalue weighted by molar-refractivity contribution is -0.117. The molecule has 1 aliphatic rings. The van der Waals surface area contributed by atoms with Crippen LogP contribution in [0.15, 0.2) is 24.3 Å². The minimum atomic E-state index is 0.224. The minimum Gasteiger partial charge on any atom is -0.383 e. The highest BCUT2D eigenvalue weighted by Crippen LogP contribution is 2.30. The van der Waals surface area contributed by atoms with Crippen LogP contribution in [0.2, 0.25) is 0 Å². The first-order chi connectivity index (χ1) is 8.47. The highest BCUT2D eigenvalue weighted by molar-refractivity contribution is 5.98. The summed E-state index contributed by atoms with van der Waals surface area (Å²) in [6.07, 6.45) is 1.64. The lowest BCUT2D eigenvalue weighted by Crippen LogP contribution is -2.26. The van der Waals surface area contributed by atoms with Crippen molar-refractivity contribution in [2.24, 2.45) is 5.41 Å². The molecule has 0 radical (unpaired) electrons. The van der Waals surface area contributed by atoms with Gasteiger partial charge in [-0.25, -0.2) is 0 Å². The average molecular weight is 246 g/mol. The van der Waals surface area contributed by atoms with E-state index in [1.54, 1.807) is 0 Å². The van der Waals surface area contributed by atoms with Crippen molar-refractivity contribution in [1.82, 2.24) is 0 Å². The molecule has 1 fully saturated rings. The van der Waals surface area contributed by atoms with Gasteiger partial charge in [0, 0.05) is 19.5 Å². The van der Waals surface area contributed by atoms with Gasteiger partial charge in [0.1, 0.15) is 0 Å². The van der Waals surface area contributed by atoms with Crippen LogP contribution >= 0.6 is 0 Å². The smallest absolute Gasteiger partial charge is 0.227 e. The highest BCUT2D eigenvalue weighted by atomic mass is 16.2. The van der Waals surface area contributed by atoms with Crippen LogP contribution in [0.3, 0.4) is 0 Å². The van der Waals surface area contributed by atoms with E-state index < -0.39 is 0 Å². The van der Waals surface area contributed by atoms with Gasteiger partial charge in [-0.05, 0) is 24.0 Å². The Morgan fingerprint density at radius 3 is 2.61 bits per heavy atom. The summed E-state index contributed by atoms with van der Waals surface area (Å²) in [4.78, 5) is 13.7. The molecule has 3 nitrogen and oxygen atoms in total. The number of nitrogens with zero attached hydrogens (tertiary/aromatic N) is 1. The van der Waals surface area contributed by atoms with E-state index in [0.29, 0.717) is 6.42 Å². The van der Waals surface area contributed by atoms with Gasteiger partial charge in [-0.2, -0.15) is 0 Å². The molecule has 3 heteroatoms. The molecule has 0 aromatic heterocycles. The lowest BCUT2D eigenvalue weighted by atomic mass is 9.97. The summed E-state index contributed by atoms with van der Waals surface area (Å²) in [6, 6.07) is 8.07. The van der Waals surface area contributed by atoms with E-state index in [-0.39, 0.29) is 11.3 Å². The molecule has 18 heavy (non-hydrogen) atoms. The first kappa shape index (κ1) is 12.9. The van der Waals surface area contributed by atoms with Crippen LogP contribution in [0.1, 0.15) is 33.6 Å². The molecule has 1 heterocycles. The summed E-state index contributed by atoms with van der Waals surface area (Å²) in [5.74, 6) is 0.236. The van der Waals surface area contributed by atoms with Gasteiger partial charge in [0.15, 0.2) is 0 Å². The molecule has 1 aliphatic heterocycles. The maximum absolute atomic E-state index is 11.8. The van der Waals surface area contributed by atoms with E-state index in [2.05, 4.69) is 26.1 Å². The van der Waals surface area contributed by atoms with Crippen molar-refractivity contribution in [2.45, 2.75) is 33.6 Å². The zero-order valence-electron chi connectivity index (χ0n) is 11.5. The fourth-order valence-electron chi connectivity index (χ4n) is 2.12. The second-order valence-corrected chi connectivity index (χ2v) is 6.08. The van der Waals surface area contributed by atoms with Crippen LogP contribution in [0.4, 0.5) is 11.4 Å². The van der Waals surface area contributed by atoms with Crippen molar-refractivity contribution < 1.29 is 4.79 Å². The number of benzene rings is 1. The number of para-hydroxylation sites is 2. The molecule has 0 unspecified atom stereocenters. The van der Waals surface area contributed by atoms with Gasteiger partial charge in [-0.3, -0.25) is 4.79 Å². The topological polar surface area (TPSA) is 32.3 Å². The Bertz CT molecular complexity index is 434. The molecule has 0 saturated carbocycles. The zero-order chi connectivity index (χ0) is 13.2. The Morgan fingerprint density at radius 2 is 2.00 bits per heavy atom. The van der Waals surface area contributed by atoms with Crippen molar-refractivity contribution in [2.75, 3.05) is 23.3 Å². The molecule has 98 valence electrons. The second-order valence-electron chi connectivity index (χ2n) is 6.08. The Kier molecular flexibility index (Phi) is 3.60. The number of amides is 1. The molecule has 0 bridgehead atoms. The summed E-state index contributed by atoms with van der Waals surface area (Å²) in [7, 11) is 0. The molecule has 0 spiro atoms. The van der Waals surface area contributed by atoms with E-state index >= 15 is 0 Å². The molecule has 1 amide bonds. The van der Waals surface area contributed by atoms with Crippen LogP contribution in [-0.2, 0) is 4.79 Å². The lowest BCUT2D eigenvalue weighted by Gasteiger charge is -2.24. The molecular weight excluding hydrogens is 224 g/mol. The van der Waals surface area contributed by atoms with Crippen molar-refractivity contribution in [3.05, 3.63) is 24.3 Å². The van der Waals surface area contributed by atoms with E-state index in [1.807, 2.05) is 29.2 Å². The third-order valence-corrected chi connectivity index (χ3v) is 3.08. The fourth-order valence-corrected chi connectivity index (χ4v) is 2.12. The number of hydrogen-bond acceptors (Lipinski definition) is 2. The van der Waals surface area contributed by atoms with Crippen LogP contribution in [0.25, 0.3) is 0 Å². The summed E-state index contributed by atoms with van der Waals surface area (Å²) < 4.78 is 0. The predicted molar refractivity (Wildman–Crippen MR) is 76.0 cm³/mol. The molecular formula is C15H22N2O. The maximum Gasteiger partial charge on any atom is 0.227 e. The number of rotatable bonds is 3. The Labute approximate surface area is 109 Å². The van der Waals surface area contributed by atoms with Gasteiger partial charge in [0.25, 0.3) is 0 Å². The fraction of sp³-hybridized carbons (Fsp3) is 0.533. The summed E-state index contributed by atoms with van der Waals surface area (Å²) in [6.45, 7) is 8.33. The quantitative estimate of drug-likeness (QED) is 0.887. The van der Waals surface area contributed by atoms with Gasteiger partial charge in [-0.1, -0.05) is 32.9 Å². The Hall–Kier alpha value is -1.51. The van der Waals surface area contributed by atoms with E-state index in [0.717, 1.165) is 30.9 Å². The molecule has 0 aliphatic carbocycles. The van der Waals surface area contributed by atoms with Crippen LogP contribution in [0, 0.1) is 5.41 Å². The monoisotopic (exact) mass is 246 g/mol. The Morgan fingerprint density at radius 1 is 1.28 bits per heavy atom. The Balaban J connectivity index is 2.17. The minimum absolute atomic E-state index is 0.224. The highest BCUT2D eigenvalue weighted by Gasteiger charge is 2.23. The van der Waals surface area contributed by atoms with Crippen molar-refractivity contribution in [3.8, 4) is 0 Å². The van der Waals surface area contributed by atoms with Gasteiger partial charge >= 0.3 is 0 Å². The molecule has 1 saturated heterocycles. The van der Waals surface area contributed by atoms with Crippen molar-refractivity contribution in [1.29, 1.82) is 0 Å². The molecule has 1 aromatic rings. The number of nitrogens with one attached hydrogen (secondary N) is 1. The standard InChI is InChI=1S/C15H22N2O/c1-15(2,3)11-16-12-7-4-5-8-13(12)17-10-6-9-14(17)18/h4-5,7-8,16H,6,9-11H2,1-3H3. The molecule has 1 aromatic carbocycles. The summed E-state index contributed by atoms with van der Waals surface area (Å²) >= 11 is 0. The third kappa shape index (κ3) is 3.03. The van der Waals surface area contributed by atoms with Crippen LogP contribution in [-0.4, -0.2) is 19.0 Å². The molecule has 2 rings (SSSR count). The number of anilines is 2. The zero-order valence-corrected chi connectivity index (χ0v) is 11.5. The maximum atomic E-state index is 11.8. The predicted octanol–water partition coefficient (Wildman–Crippen LogP) is 3.27. The van der Waals surface area contributed by atoms with Crippen molar-refractivity contribution in [3.63, 3.8) is 0 Å². The van der Waals surface area contributed by atoms with E-state index in [1.165, 1.54) is 0 Å². The average Bonchev–Trinajstić information content (AvgIpc) is 2.72. The van der Waals surface area contributed by atoms with Gasteiger partial charge < -0.3 is 10.2 Å². The summed E-state index contributed by atoms with van der Waals surface area (Å²) in [5, 5.41) is 3.46. The van der Waals surface area contributed by atoms with Crippen LogP contribution < -0.4 is 10.2 Å². The van der Waals surface area contributed by atoms with Crippen LogP contribution in [0.5, 0.6) is 0 Å². The number of carbonyl (C=O) groups is 1. The normalized spacial score (nSPS) is 16.2. The second kappa shape index (κ2) is 5.01. The first-order valence-electron chi connectivity index (χ1n) is 6.61. The third-order valence-electron chi connectivity index (χ3n) is 3.08. The van der Waals surface area contributed by atoms with Gasteiger partial charge in [-0.15, -0.1) is 0 Å². The first-order valence-corrected chi connectivity index (χ1v) is 6.61. The van der Waals surface area contributed by atoms with Gasteiger partial charge in [0.2, 0.25) is 5.91 Å². The van der Waals surface area contributed by atoms with Gasteiger partial charge in [0.05, 0.1) is 11.4 Å². The number of carbonyl (C=O) groups excluding carboxylic acids is 1. The number of hydrogen-bond donors (Lipinski definition) is 1. The largest absolute Gasteiger partial charge is 0.383 e. The van der Waals surface area contributed by atoms with Crippen molar-refractivity contribution >= 4 is 17.3 Å². The summed E-state index contributed by atoms with van der Waals surface area (Å²) in [5.41, 5.74) is 2.30. The SMILES string of the molecule is CC(C)(C)CNc1ccccc1N1CCCC1=O. The molecule has 1 N–H and O–H groups in total. The van der Waals surface area contributed by atoms with E-state index in [4.69, 9.17) is 0 Å². The van der Waals surface area contributed by atoms with E-state index in [9.17, 15) is 4.79 Å². The molecule has 0 atom stereocenters.